The fourth-order valence-corrected chi connectivity index (χ4v) is 2.79. The maximum atomic E-state index is 12.4. The number of rotatable bonds is 10. The van der Waals surface area contributed by atoms with E-state index < -0.39 is 11.8 Å². The van der Waals surface area contributed by atoms with Crippen LogP contribution in [0.2, 0.25) is 0 Å². The minimum absolute atomic E-state index is 0.365. The second-order valence-corrected chi connectivity index (χ2v) is 6.78. The van der Waals surface area contributed by atoms with Crippen molar-refractivity contribution in [2.75, 3.05) is 19.8 Å². The Hall–Kier alpha value is -3.84. The van der Waals surface area contributed by atoms with Gasteiger partial charge in [0, 0.05) is 17.7 Å². The Morgan fingerprint density at radius 3 is 2.16 bits per heavy atom. The zero-order valence-electron chi connectivity index (χ0n) is 17.9. The van der Waals surface area contributed by atoms with Crippen LogP contribution in [0.15, 0.2) is 78.9 Å². The number of amides is 2. The van der Waals surface area contributed by atoms with Crippen molar-refractivity contribution in [2.24, 2.45) is 0 Å². The molecule has 2 N–H and O–H groups in total. The van der Waals surface area contributed by atoms with E-state index >= 15 is 0 Å². The van der Waals surface area contributed by atoms with Gasteiger partial charge in [-0.2, -0.15) is 0 Å². The lowest BCUT2D eigenvalue weighted by molar-refractivity contribution is 0.0846. The predicted octanol–water partition coefficient (Wildman–Crippen LogP) is 3.76. The van der Waals surface area contributed by atoms with Crippen molar-refractivity contribution in [2.45, 2.75) is 13.5 Å². The summed E-state index contributed by atoms with van der Waals surface area (Å²) >= 11 is 0. The lowest BCUT2D eigenvalue weighted by atomic mass is 10.2. The highest BCUT2D eigenvalue weighted by atomic mass is 16.5. The molecule has 2 amide bonds. The third-order valence-corrected chi connectivity index (χ3v) is 4.45. The molecule has 0 aliphatic carbocycles. The van der Waals surface area contributed by atoms with E-state index in [1.807, 2.05) is 37.3 Å². The first-order chi connectivity index (χ1) is 15.7. The van der Waals surface area contributed by atoms with Gasteiger partial charge in [0.2, 0.25) is 0 Å². The van der Waals surface area contributed by atoms with Gasteiger partial charge in [-0.1, -0.05) is 36.4 Å². The highest BCUT2D eigenvalue weighted by molar-refractivity contribution is 5.99. The zero-order chi connectivity index (χ0) is 22.6. The molecule has 0 radical (unpaired) electrons. The smallest absolute Gasteiger partial charge is 0.269 e. The molecule has 3 aromatic rings. The summed E-state index contributed by atoms with van der Waals surface area (Å²) in [5.41, 5.74) is 6.64. The van der Waals surface area contributed by atoms with Crippen LogP contribution < -0.4 is 20.3 Å². The molecule has 0 saturated heterocycles. The second kappa shape index (κ2) is 12.1. The van der Waals surface area contributed by atoms with Crippen molar-refractivity contribution in [3.8, 4) is 11.5 Å². The Morgan fingerprint density at radius 1 is 0.719 bits per heavy atom. The SMILES string of the molecule is CCOCCOc1cccc(C(=O)NNC(=O)c2ccc(OCc3ccccc3)cc2)c1. The largest absolute Gasteiger partial charge is 0.491 e. The van der Waals surface area contributed by atoms with E-state index in [4.69, 9.17) is 14.2 Å². The van der Waals surface area contributed by atoms with Gasteiger partial charge < -0.3 is 14.2 Å². The highest BCUT2D eigenvalue weighted by Crippen LogP contribution is 2.15. The minimum atomic E-state index is -0.448. The number of carbonyl (C=O) groups is 2. The Kier molecular flexibility index (Phi) is 8.65. The van der Waals surface area contributed by atoms with Crippen LogP contribution in [0, 0.1) is 0 Å². The van der Waals surface area contributed by atoms with E-state index in [0.717, 1.165) is 5.56 Å². The molecule has 0 fully saturated rings. The number of nitrogens with one attached hydrogen (secondary N) is 2. The van der Waals surface area contributed by atoms with Gasteiger partial charge in [0.15, 0.2) is 0 Å². The number of benzene rings is 3. The first kappa shape index (κ1) is 22.8. The van der Waals surface area contributed by atoms with E-state index in [-0.39, 0.29) is 0 Å². The molecule has 3 aromatic carbocycles. The summed E-state index contributed by atoms with van der Waals surface area (Å²) in [6, 6.07) is 23.2. The molecule has 32 heavy (non-hydrogen) atoms. The first-order valence-corrected chi connectivity index (χ1v) is 10.3. The molecule has 0 unspecified atom stereocenters. The van der Waals surface area contributed by atoms with E-state index in [9.17, 15) is 9.59 Å². The third-order valence-electron chi connectivity index (χ3n) is 4.45. The van der Waals surface area contributed by atoms with Crippen LogP contribution in [0.5, 0.6) is 11.5 Å². The van der Waals surface area contributed by atoms with Crippen LogP contribution in [-0.2, 0) is 11.3 Å². The van der Waals surface area contributed by atoms with Crippen molar-refractivity contribution in [3.05, 3.63) is 95.6 Å². The summed E-state index contributed by atoms with van der Waals surface area (Å²) in [4.78, 5) is 24.7. The molecule has 0 saturated carbocycles. The van der Waals surface area contributed by atoms with Gasteiger partial charge in [0.25, 0.3) is 11.8 Å². The summed E-state index contributed by atoms with van der Waals surface area (Å²) in [5, 5.41) is 0. The molecular weight excluding hydrogens is 408 g/mol. The van der Waals surface area contributed by atoms with E-state index in [1.54, 1.807) is 48.5 Å². The fourth-order valence-electron chi connectivity index (χ4n) is 2.79. The Balaban J connectivity index is 1.47. The molecule has 7 heteroatoms. The van der Waals surface area contributed by atoms with Crippen molar-refractivity contribution in [1.29, 1.82) is 0 Å². The van der Waals surface area contributed by atoms with Crippen molar-refractivity contribution in [1.82, 2.24) is 10.9 Å². The number of hydrazine groups is 1. The normalized spacial score (nSPS) is 10.3. The lowest BCUT2D eigenvalue weighted by Crippen LogP contribution is -2.41. The van der Waals surface area contributed by atoms with Crippen LogP contribution >= 0.6 is 0 Å². The summed E-state index contributed by atoms with van der Waals surface area (Å²) in [6.45, 7) is 3.83. The highest BCUT2D eigenvalue weighted by Gasteiger charge is 2.10. The maximum absolute atomic E-state index is 12.4. The average Bonchev–Trinajstić information content (AvgIpc) is 2.85. The maximum Gasteiger partial charge on any atom is 0.269 e. The molecule has 166 valence electrons. The molecule has 0 aliphatic heterocycles. The van der Waals surface area contributed by atoms with Gasteiger partial charge in [-0.3, -0.25) is 20.4 Å². The first-order valence-electron chi connectivity index (χ1n) is 10.3. The molecule has 0 spiro atoms. The average molecular weight is 434 g/mol. The molecule has 0 heterocycles. The summed E-state index contributed by atoms with van der Waals surface area (Å²) in [5.74, 6) is 0.318. The monoisotopic (exact) mass is 434 g/mol. The van der Waals surface area contributed by atoms with Crippen LogP contribution in [0.3, 0.4) is 0 Å². The van der Waals surface area contributed by atoms with Crippen molar-refractivity contribution >= 4 is 11.8 Å². The van der Waals surface area contributed by atoms with Gasteiger partial charge in [-0.25, -0.2) is 0 Å². The topological polar surface area (TPSA) is 85.9 Å². The number of ether oxygens (including phenoxy) is 3. The standard InChI is InChI=1S/C25H26N2O5/c1-2-30-15-16-31-23-10-6-9-21(17-23)25(29)27-26-24(28)20-11-13-22(14-12-20)32-18-19-7-4-3-5-8-19/h3-14,17H,2,15-16,18H2,1H3,(H,26,28)(H,27,29). The summed E-state index contributed by atoms with van der Waals surface area (Å²) < 4.78 is 16.5. The second-order valence-electron chi connectivity index (χ2n) is 6.78. The van der Waals surface area contributed by atoms with Crippen LogP contribution in [0.4, 0.5) is 0 Å². The summed E-state index contributed by atoms with van der Waals surface area (Å²) in [6.07, 6.45) is 0. The number of hydrogen-bond acceptors (Lipinski definition) is 5. The fraction of sp³-hybridized carbons (Fsp3) is 0.200. The number of carbonyl (C=O) groups excluding carboxylic acids is 2. The Labute approximate surface area is 187 Å². The van der Waals surface area contributed by atoms with Crippen molar-refractivity contribution in [3.63, 3.8) is 0 Å². The third kappa shape index (κ3) is 7.14. The number of hydrogen-bond donors (Lipinski definition) is 2. The van der Waals surface area contributed by atoms with Gasteiger partial charge in [-0.05, 0) is 55.0 Å². The summed E-state index contributed by atoms with van der Waals surface area (Å²) in [7, 11) is 0. The Bertz CT molecular complexity index is 1010. The molecule has 3 rings (SSSR count). The van der Waals surface area contributed by atoms with Crippen LogP contribution in [0.1, 0.15) is 33.2 Å². The van der Waals surface area contributed by atoms with E-state index in [0.29, 0.717) is 49.1 Å². The molecule has 0 atom stereocenters. The molecule has 0 bridgehead atoms. The quantitative estimate of drug-likeness (QED) is 0.375. The Morgan fingerprint density at radius 2 is 1.44 bits per heavy atom. The predicted molar refractivity (Wildman–Crippen MR) is 121 cm³/mol. The minimum Gasteiger partial charge on any atom is -0.491 e. The van der Waals surface area contributed by atoms with Gasteiger partial charge in [0.1, 0.15) is 24.7 Å². The van der Waals surface area contributed by atoms with Crippen molar-refractivity contribution < 1.29 is 23.8 Å². The molecule has 0 aliphatic rings. The zero-order valence-corrected chi connectivity index (χ0v) is 17.9. The molecular formula is C25H26N2O5. The van der Waals surface area contributed by atoms with Crippen LogP contribution in [0.25, 0.3) is 0 Å². The van der Waals surface area contributed by atoms with E-state index in [2.05, 4.69) is 10.9 Å². The van der Waals surface area contributed by atoms with E-state index in [1.165, 1.54) is 0 Å². The van der Waals surface area contributed by atoms with Gasteiger partial charge in [-0.15, -0.1) is 0 Å². The lowest BCUT2D eigenvalue weighted by Gasteiger charge is -2.10. The van der Waals surface area contributed by atoms with Crippen LogP contribution in [-0.4, -0.2) is 31.6 Å². The van der Waals surface area contributed by atoms with Gasteiger partial charge in [0.05, 0.1) is 6.61 Å². The van der Waals surface area contributed by atoms with Gasteiger partial charge >= 0.3 is 0 Å². The molecule has 0 aromatic heterocycles. The molecule has 7 nitrogen and oxygen atoms in total.